The van der Waals surface area contributed by atoms with Gasteiger partial charge >= 0.3 is 0 Å². The van der Waals surface area contributed by atoms with E-state index < -0.39 is 0 Å². The number of benzene rings is 1. The summed E-state index contributed by atoms with van der Waals surface area (Å²) in [5, 5.41) is 6.04. The Kier molecular flexibility index (Phi) is 4.70. The zero-order chi connectivity index (χ0) is 15.4. The number of para-hydroxylation sites is 1. The standard InChI is InChI=1S/C16H20N4OS/c1-13(15(21)18-14-5-3-2-4-6-14)19-8-10-20(11-9-19)16-17-7-12-22-16/h2-7,12-13H,8-11H2,1H3,(H,18,21)/t13-/m1/s1. The molecule has 116 valence electrons. The van der Waals surface area contributed by atoms with E-state index in [9.17, 15) is 4.79 Å². The average molecular weight is 316 g/mol. The predicted molar refractivity (Wildman–Crippen MR) is 90.4 cm³/mol. The van der Waals surface area contributed by atoms with Crippen LogP contribution in [0.4, 0.5) is 10.8 Å². The highest BCUT2D eigenvalue weighted by Gasteiger charge is 2.26. The van der Waals surface area contributed by atoms with Crippen LogP contribution in [0.2, 0.25) is 0 Å². The molecule has 1 aliphatic heterocycles. The van der Waals surface area contributed by atoms with Gasteiger partial charge in [0.05, 0.1) is 6.04 Å². The zero-order valence-corrected chi connectivity index (χ0v) is 13.4. The number of rotatable bonds is 4. The maximum Gasteiger partial charge on any atom is 0.241 e. The van der Waals surface area contributed by atoms with Gasteiger partial charge in [0.1, 0.15) is 0 Å². The van der Waals surface area contributed by atoms with Gasteiger partial charge < -0.3 is 10.2 Å². The lowest BCUT2D eigenvalue weighted by molar-refractivity contribution is -0.120. The van der Waals surface area contributed by atoms with Crippen LogP contribution in [-0.2, 0) is 4.79 Å². The number of aromatic nitrogens is 1. The summed E-state index contributed by atoms with van der Waals surface area (Å²) in [4.78, 5) is 21.2. The molecule has 0 saturated carbocycles. The molecule has 5 nitrogen and oxygen atoms in total. The monoisotopic (exact) mass is 316 g/mol. The van der Waals surface area contributed by atoms with Gasteiger partial charge in [-0.15, -0.1) is 11.3 Å². The molecule has 1 aromatic heterocycles. The van der Waals surface area contributed by atoms with E-state index in [-0.39, 0.29) is 11.9 Å². The maximum atomic E-state index is 12.3. The third-order valence-corrected chi connectivity index (χ3v) is 4.80. The molecule has 1 amide bonds. The molecule has 0 unspecified atom stereocenters. The number of thiazole rings is 1. The second kappa shape index (κ2) is 6.89. The topological polar surface area (TPSA) is 48.5 Å². The second-order valence-electron chi connectivity index (χ2n) is 5.37. The van der Waals surface area contributed by atoms with Crippen LogP contribution in [0.3, 0.4) is 0 Å². The molecule has 6 heteroatoms. The molecule has 1 fully saturated rings. The Morgan fingerprint density at radius 1 is 1.23 bits per heavy atom. The number of carbonyl (C=O) groups is 1. The number of anilines is 2. The van der Waals surface area contributed by atoms with Crippen molar-refractivity contribution in [3.8, 4) is 0 Å². The molecule has 0 spiro atoms. The van der Waals surface area contributed by atoms with Crippen molar-refractivity contribution in [1.29, 1.82) is 0 Å². The van der Waals surface area contributed by atoms with Crippen molar-refractivity contribution in [2.75, 3.05) is 36.4 Å². The minimum atomic E-state index is -0.126. The van der Waals surface area contributed by atoms with E-state index in [0.717, 1.165) is 37.0 Å². The molecule has 0 radical (unpaired) electrons. The number of hydrogen-bond donors (Lipinski definition) is 1. The summed E-state index contributed by atoms with van der Waals surface area (Å²) in [7, 11) is 0. The maximum absolute atomic E-state index is 12.3. The Morgan fingerprint density at radius 2 is 1.95 bits per heavy atom. The highest BCUT2D eigenvalue weighted by molar-refractivity contribution is 7.13. The smallest absolute Gasteiger partial charge is 0.241 e. The van der Waals surface area contributed by atoms with Gasteiger partial charge in [0.25, 0.3) is 0 Å². The van der Waals surface area contributed by atoms with Crippen LogP contribution in [0, 0.1) is 0 Å². The first-order valence-electron chi connectivity index (χ1n) is 7.48. The SMILES string of the molecule is C[C@H](C(=O)Nc1ccccc1)N1CCN(c2nccs2)CC1. The Balaban J connectivity index is 1.53. The molecule has 1 atom stereocenters. The normalized spacial score (nSPS) is 17.2. The van der Waals surface area contributed by atoms with E-state index in [1.807, 2.05) is 48.8 Å². The van der Waals surface area contributed by atoms with Gasteiger partial charge in [-0.2, -0.15) is 0 Å². The fourth-order valence-corrected chi connectivity index (χ4v) is 3.30. The lowest BCUT2D eigenvalue weighted by Gasteiger charge is -2.37. The Morgan fingerprint density at radius 3 is 2.59 bits per heavy atom. The largest absolute Gasteiger partial charge is 0.346 e. The van der Waals surface area contributed by atoms with Gasteiger partial charge in [-0.25, -0.2) is 4.98 Å². The summed E-state index contributed by atoms with van der Waals surface area (Å²) in [5.41, 5.74) is 0.848. The summed E-state index contributed by atoms with van der Waals surface area (Å²) in [5.74, 6) is 0.0499. The van der Waals surface area contributed by atoms with Crippen molar-refractivity contribution in [3.63, 3.8) is 0 Å². The molecule has 22 heavy (non-hydrogen) atoms. The molecule has 1 aromatic carbocycles. The molecular weight excluding hydrogens is 296 g/mol. The van der Waals surface area contributed by atoms with Gasteiger partial charge in [-0.3, -0.25) is 9.69 Å². The van der Waals surface area contributed by atoms with E-state index in [1.165, 1.54) is 0 Å². The van der Waals surface area contributed by atoms with Crippen LogP contribution >= 0.6 is 11.3 Å². The quantitative estimate of drug-likeness (QED) is 0.940. The van der Waals surface area contributed by atoms with Crippen LogP contribution in [0.15, 0.2) is 41.9 Å². The Hall–Kier alpha value is -1.92. The number of piperazine rings is 1. The van der Waals surface area contributed by atoms with Crippen LogP contribution in [0.25, 0.3) is 0 Å². The van der Waals surface area contributed by atoms with E-state index in [1.54, 1.807) is 11.3 Å². The van der Waals surface area contributed by atoms with Crippen molar-refractivity contribution in [1.82, 2.24) is 9.88 Å². The van der Waals surface area contributed by atoms with Crippen molar-refractivity contribution in [3.05, 3.63) is 41.9 Å². The van der Waals surface area contributed by atoms with E-state index in [4.69, 9.17) is 0 Å². The van der Waals surface area contributed by atoms with Crippen molar-refractivity contribution < 1.29 is 4.79 Å². The molecule has 2 aromatic rings. The highest BCUT2D eigenvalue weighted by Crippen LogP contribution is 2.19. The Labute approximate surface area is 134 Å². The molecule has 1 saturated heterocycles. The third kappa shape index (κ3) is 3.45. The summed E-state index contributed by atoms with van der Waals surface area (Å²) in [6, 6.07) is 9.48. The molecule has 3 rings (SSSR count). The minimum Gasteiger partial charge on any atom is -0.346 e. The summed E-state index contributed by atoms with van der Waals surface area (Å²) < 4.78 is 0. The third-order valence-electron chi connectivity index (χ3n) is 3.97. The molecule has 0 bridgehead atoms. The van der Waals surface area contributed by atoms with Crippen LogP contribution in [0.1, 0.15) is 6.92 Å². The Bertz CT molecular complexity index is 594. The first-order valence-corrected chi connectivity index (χ1v) is 8.36. The first-order chi connectivity index (χ1) is 10.7. The number of hydrogen-bond acceptors (Lipinski definition) is 5. The lowest BCUT2D eigenvalue weighted by Crippen LogP contribution is -2.52. The number of nitrogens with zero attached hydrogens (tertiary/aromatic N) is 3. The van der Waals surface area contributed by atoms with E-state index in [2.05, 4.69) is 20.1 Å². The van der Waals surface area contributed by atoms with Gasteiger partial charge in [-0.1, -0.05) is 18.2 Å². The average Bonchev–Trinajstić information content (AvgIpc) is 3.10. The van der Waals surface area contributed by atoms with Crippen molar-refractivity contribution in [2.45, 2.75) is 13.0 Å². The fraction of sp³-hybridized carbons (Fsp3) is 0.375. The van der Waals surface area contributed by atoms with Gasteiger partial charge in [-0.05, 0) is 19.1 Å². The zero-order valence-electron chi connectivity index (χ0n) is 12.6. The van der Waals surface area contributed by atoms with Crippen LogP contribution < -0.4 is 10.2 Å². The van der Waals surface area contributed by atoms with E-state index >= 15 is 0 Å². The number of nitrogens with one attached hydrogen (secondary N) is 1. The second-order valence-corrected chi connectivity index (χ2v) is 6.24. The minimum absolute atomic E-state index is 0.0499. The summed E-state index contributed by atoms with van der Waals surface area (Å²) >= 11 is 1.66. The van der Waals surface area contributed by atoms with Crippen molar-refractivity contribution in [2.24, 2.45) is 0 Å². The van der Waals surface area contributed by atoms with Crippen LogP contribution in [-0.4, -0.2) is 48.0 Å². The summed E-state index contributed by atoms with van der Waals surface area (Å²) in [6.07, 6.45) is 1.84. The summed E-state index contributed by atoms with van der Waals surface area (Å²) in [6.45, 7) is 5.55. The number of carbonyl (C=O) groups excluding carboxylic acids is 1. The highest BCUT2D eigenvalue weighted by atomic mass is 32.1. The number of amides is 1. The first kappa shape index (κ1) is 15.0. The lowest BCUT2D eigenvalue weighted by atomic mass is 10.2. The molecule has 2 heterocycles. The van der Waals surface area contributed by atoms with Gasteiger partial charge in [0.15, 0.2) is 5.13 Å². The molecule has 0 aliphatic carbocycles. The predicted octanol–water partition coefficient (Wildman–Crippen LogP) is 2.29. The van der Waals surface area contributed by atoms with Crippen molar-refractivity contribution >= 4 is 28.1 Å². The van der Waals surface area contributed by atoms with Gasteiger partial charge in [0, 0.05) is 43.4 Å². The molecule has 1 N–H and O–H groups in total. The molecule has 1 aliphatic rings. The van der Waals surface area contributed by atoms with Crippen LogP contribution in [0.5, 0.6) is 0 Å². The fourth-order valence-electron chi connectivity index (χ4n) is 2.61. The van der Waals surface area contributed by atoms with E-state index in [0.29, 0.717) is 0 Å². The van der Waals surface area contributed by atoms with Gasteiger partial charge in [0.2, 0.25) is 5.91 Å². The molecular formula is C16H20N4OS.